The maximum Gasteiger partial charge on any atom is 0.0929 e. The first-order valence-corrected chi connectivity index (χ1v) is 5.55. The number of rotatable bonds is 6. The summed E-state index contributed by atoms with van der Waals surface area (Å²) in [7, 11) is 0.696. The van der Waals surface area contributed by atoms with Crippen LogP contribution in [-0.2, 0) is 0 Å². The molecule has 0 saturated carbocycles. The van der Waals surface area contributed by atoms with E-state index >= 15 is 0 Å². The minimum atomic E-state index is -0.149. The molecule has 0 bridgehead atoms. The summed E-state index contributed by atoms with van der Waals surface area (Å²) in [6.45, 7) is 3.64. The number of halogens is 2. The van der Waals surface area contributed by atoms with Crippen LogP contribution in [0.1, 0.15) is 19.3 Å². The smallest absolute Gasteiger partial charge is 0.0929 e. The average Bonchev–Trinajstić information content (AvgIpc) is 1.87. The van der Waals surface area contributed by atoms with Gasteiger partial charge in [0.2, 0.25) is 0 Å². The first-order valence-electron chi connectivity index (χ1n) is 3.40. The normalized spacial score (nSPS) is 10.3. The third-order valence-electron chi connectivity index (χ3n) is 1.13. The Bertz CT molecular complexity index is 83.7. The van der Waals surface area contributed by atoms with Crippen LogP contribution in [0.15, 0.2) is 12.7 Å². The Morgan fingerprint density at radius 1 is 1.40 bits per heavy atom. The Morgan fingerprint density at radius 2 is 2.10 bits per heavy atom. The second-order valence-corrected chi connectivity index (χ2v) is 5.35. The molecular formula is C7H12Cl2Si. The predicted molar refractivity (Wildman–Crippen MR) is 50.1 cm³/mol. The van der Waals surface area contributed by atoms with Crippen molar-refractivity contribution < 1.29 is 0 Å². The summed E-state index contributed by atoms with van der Waals surface area (Å²) in [5.74, 6) is 0. The molecule has 0 fully saturated rings. The van der Waals surface area contributed by atoms with Crippen LogP contribution in [0.2, 0.25) is 6.04 Å². The zero-order valence-electron chi connectivity index (χ0n) is 5.95. The van der Waals surface area contributed by atoms with E-state index in [2.05, 4.69) is 6.58 Å². The van der Waals surface area contributed by atoms with Gasteiger partial charge in [-0.3, -0.25) is 0 Å². The van der Waals surface area contributed by atoms with Crippen LogP contribution in [-0.4, -0.2) is 14.0 Å². The van der Waals surface area contributed by atoms with Gasteiger partial charge in [0.15, 0.2) is 0 Å². The molecule has 0 N–H and O–H groups in total. The van der Waals surface area contributed by atoms with Gasteiger partial charge in [-0.25, -0.2) is 0 Å². The molecule has 0 amide bonds. The summed E-state index contributed by atoms with van der Waals surface area (Å²) in [4.78, 5) is 0. The molecule has 0 aliphatic rings. The van der Waals surface area contributed by atoms with Gasteiger partial charge >= 0.3 is 0 Å². The molecule has 0 aromatic rings. The maximum absolute atomic E-state index is 5.55. The van der Waals surface area contributed by atoms with Gasteiger partial charge in [-0.1, -0.05) is 25.0 Å². The molecule has 0 rings (SSSR count). The quantitative estimate of drug-likeness (QED) is 0.264. The first-order chi connectivity index (χ1) is 4.77. The molecule has 0 atom stereocenters. The van der Waals surface area contributed by atoms with Crippen LogP contribution in [0.4, 0.5) is 0 Å². The zero-order chi connectivity index (χ0) is 7.82. The van der Waals surface area contributed by atoms with E-state index in [1.54, 1.807) is 0 Å². The highest BCUT2D eigenvalue weighted by Crippen LogP contribution is 2.06. The molecule has 0 aliphatic carbocycles. The third-order valence-corrected chi connectivity index (χ3v) is 3.01. The van der Waals surface area contributed by atoms with Crippen molar-refractivity contribution in [3.8, 4) is 0 Å². The van der Waals surface area contributed by atoms with E-state index in [0.717, 1.165) is 12.5 Å². The Balaban J connectivity index is 2.83. The SMILES string of the molecule is C=CCCCC[Si]C(Cl)Cl. The Labute approximate surface area is 75.4 Å². The van der Waals surface area contributed by atoms with E-state index in [4.69, 9.17) is 23.2 Å². The Kier molecular flexibility index (Phi) is 8.05. The molecule has 0 spiro atoms. The summed E-state index contributed by atoms with van der Waals surface area (Å²) < 4.78 is -0.149. The lowest BCUT2D eigenvalue weighted by Crippen LogP contribution is -1.99. The van der Waals surface area contributed by atoms with E-state index in [-0.39, 0.29) is 4.46 Å². The first kappa shape index (κ1) is 10.5. The summed E-state index contributed by atoms with van der Waals surface area (Å²) in [6.07, 6.45) is 5.50. The molecular weight excluding hydrogens is 183 g/mol. The fraction of sp³-hybridized carbons (Fsp3) is 0.714. The second kappa shape index (κ2) is 7.64. The van der Waals surface area contributed by atoms with Crippen molar-refractivity contribution in [3.05, 3.63) is 12.7 Å². The molecule has 10 heavy (non-hydrogen) atoms. The van der Waals surface area contributed by atoms with Crippen molar-refractivity contribution in [3.63, 3.8) is 0 Å². The van der Waals surface area contributed by atoms with E-state index < -0.39 is 0 Å². The van der Waals surface area contributed by atoms with Crippen molar-refractivity contribution in [2.45, 2.75) is 29.8 Å². The molecule has 0 aromatic carbocycles. The van der Waals surface area contributed by atoms with E-state index in [0.29, 0.717) is 9.52 Å². The number of alkyl halides is 2. The highest BCUT2D eigenvalue weighted by atomic mass is 35.5. The number of hydrogen-bond donors (Lipinski definition) is 0. The van der Waals surface area contributed by atoms with Crippen molar-refractivity contribution in [1.82, 2.24) is 0 Å². The van der Waals surface area contributed by atoms with Crippen molar-refractivity contribution in [1.29, 1.82) is 0 Å². The molecule has 0 nitrogen and oxygen atoms in total. The zero-order valence-corrected chi connectivity index (χ0v) is 8.46. The summed E-state index contributed by atoms with van der Waals surface area (Å²) in [5, 5.41) is 0. The molecule has 0 unspecified atom stereocenters. The fourth-order valence-electron chi connectivity index (χ4n) is 0.625. The summed E-state index contributed by atoms with van der Waals surface area (Å²) in [5.41, 5.74) is 0. The van der Waals surface area contributed by atoms with Crippen molar-refractivity contribution in [2.24, 2.45) is 0 Å². The minimum Gasteiger partial charge on any atom is -0.110 e. The van der Waals surface area contributed by atoms with Gasteiger partial charge in [0, 0.05) is 0 Å². The highest BCUT2D eigenvalue weighted by molar-refractivity contribution is 6.68. The van der Waals surface area contributed by atoms with Crippen LogP contribution in [0, 0.1) is 0 Å². The monoisotopic (exact) mass is 194 g/mol. The Hall–Kier alpha value is 0.537. The topological polar surface area (TPSA) is 0 Å². The van der Waals surface area contributed by atoms with Gasteiger partial charge in [-0.2, -0.15) is 0 Å². The largest absolute Gasteiger partial charge is 0.110 e. The summed E-state index contributed by atoms with van der Waals surface area (Å²) >= 11 is 11.1. The second-order valence-electron chi connectivity index (χ2n) is 2.04. The van der Waals surface area contributed by atoms with Crippen LogP contribution >= 0.6 is 23.2 Å². The van der Waals surface area contributed by atoms with Crippen LogP contribution in [0.3, 0.4) is 0 Å². The van der Waals surface area contributed by atoms with Gasteiger partial charge in [0.05, 0.1) is 14.0 Å². The summed E-state index contributed by atoms with van der Waals surface area (Å²) in [6, 6.07) is 1.16. The highest BCUT2D eigenvalue weighted by Gasteiger charge is 1.98. The lowest BCUT2D eigenvalue weighted by Gasteiger charge is -1.97. The third kappa shape index (κ3) is 8.54. The lowest BCUT2D eigenvalue weighted by molar-refractivity contribution is 0.811. The molecule has 3 heteroatoms. The van der Waals surface area contributed by atoms with Gasteiger partial charge in [-0.15, -0.1) is 29.8 Å². The molecule has 0 heterocycles. The van der Waals surface area contributed by atoms with Gasteiger partial charge < -0.3 is 0 Å². The molecule has 0 aliphatic heterocycles. The Morgan fingerprint density at radius 3 is 2.60 bits per heavy atom. The average molecular weight is 195 g/mol. The van der Waals surface area contributed by atoms with Gasteiger partial charge in [-0.05, 0) is 6.42 Å². The molecule has 58 valence electrons. The van der Waals surface area contributed by atoms with Crippen LogP contribution in [0.5, 0.6) is 0 Å². The maximum atomic E-state index is 5.55. The van der Waals surface area contributed by atoms with E-state index in [1.165, 1.54) is 12.8 Å². The van der Waals surface area contributed by atoms with Crippen LogP contribution < -0.4 is 0 Å². The predicted octanol–water partition coefficient (Wildman–Crippen LogP) is 3.23. The number of allylic oxidation sites excluding steroid dienone is 1. The van der Waals surface area contributed by atoms with Gasteiger partial charge in [0.1, 0.15) is 0 Å². The number of hydrogen-bond acceptors (Lipinski definition) is 0. The van der Waals surface area contributed by atoms with E-state index in [1.807, 2.05) is 6.08 Å². The molecule has 2 radical (unpaired) electrons. The minimum absolute atomic E-state index is 0.149. The molecule has 0 aromatic heterocycles. The lowest BCUT2D eigenvalue weighted by atomic mass is 10.2. The molecule has 0 saturated heterocycles. The number of unbranched alkanes of at least 4 members (excludes halogenated alkanes) is 2. The standard InChI is InChI=1S/C7H12Cl2Si/c1-2-3-4-5-6-10-7(8)9/h2,7H,1,3-6H2. The van der Waals surface area contributed by atoms with Crippen molar-refractivity contribution in [2.75, 3.05) is 0 Å². The van der Waals surface area contributed by atoms with Gasteiger partial charge in [0.25, 0.3) is 0 Å². The van der Waals surface area contributed by atoms with E-state index in [9.17, 15) is 0 Å². The van der Waals surface area contributed by atoms with Crippen molar-refractivity contribution >= 4 is 32.7 Å². The van der Waals surface area contributed by atoms with Crippen LogP contribution in [0.25, 0.3) is 0 Å². The fourth-order valence-corrected chi connectivity index (χ4v) is 1.95.